The summed E-state index contributed by atoms with van der Waals surface area (Å²) < 4.78 is 0. The minimum absolute atomic E-state index is 0.370. The summed E-state index contributed by atoms with van der Waals surface area (Å²) in [7, 11) is 0. The van der Waals surface area contributed by atoms with Gasteiger partial charge in [0.05, 0.1) is 5.60 Å². The molecule has 13 heavy (non-hydrogen) atoms. The second-order valence-corrected chi connectivity index (χ2v) is 5.35. The first-order valence-electron chi connectivity index (χ1n) is 5.50. The first-order valence-corrected chi connectivity index (χ1v) is 5.50. The number of hydrogen-bond donors (Lipinski definition) is 1. The molecule has 1 unspecified atom stereocenters. The number of aliphatic hydroxyl groups is 1. The predicted octanol–water partition coefficient (Wildman–Crippen LogP) is 1.63. The summed E-state index contributed by atoms with van der Waals surface area (Å²) in [5.41, 5.74) is 0.226. The van der Waals surface area contributed by atoms with Crippen molar-refractivity contribution in [3.8, 4) is 0 Å². The van der Waals surface area contributed by atoms with Crippen molar-refractivity contribution in [3.05, 3.63) is 0 Å². The highest BCUT2D eigenvalue weighted by molar-refractivity contribution is 4.96. The number of nitrogens with zero attached hydrogens (tertiary/aromatic N) is 1. The highest BCUT2D eigenvalue weighted by Gasteiger charge is 2.42. The zero-order valence-electron chi connectivity index (χ0n) is 8.84. The molecule has 1 aliphatic carbocycles. The average molecular weight is 183 g/mol. The summed E-state index contributed by atoms with van der Waals surface area (Å²) in [5.74, 6) is 0. The lowest BCUT2D eigenvalue weighted by Gasteiger charge is -2.23. The summed E-state index contributed by atoms with van der Waals surface area (Å²) in [6.45, 7) is 7.65. The fourth-order valence-electron chi connectivity index (χ4n) is 2.28. The van der Waals surface area contributed by atoms with E-state index in [0.29, 0.717) is 5.41 Å². The lowest BCUT2D eigenvalue weighted by atomic mass is 10.0. The summed E-state index contributed by atoms with van der Waals surface area (Å²) in [5, 5.41) is 10.0. The molecule has 0 spiro atoms. The Bertz CT molecular complexity index is 200. The second-order valence-electron chi connectivity index (χ2n) is 5.35. The van der Waals surface area contributed by atoms with Crippen LogP contribution in [-0.4, -0.2) is 35.2 Å². The molecule has 2 fully saturated rings. The van der Waals surface area contributed by atoms with Crippen molar-refractivity contribution in [1.29, 1.82) is 0 Å². The third-order valence-electron chi connectivity index (χ3n) is 3.78. The van der Waals surface area contributed by atoms with Crippen LogP contribution in [0.5, 0.6) is 0 Å². The lowest BCUT2D eigenvalue weighted by molar-refractivity contribution is 0.0436. The van der Waals surface area contributed by atoms with Crippen LogP contribution in [0.2, 0.25) is 0 Å². The Balaban J connectivity index is 1.84. The largest absolute Gasteiger partial charge is 0.389 e. The van der Waals surface area contributed by atoms with Gasteiger partial charge in [-0.05, 0) is 31.1 Å². The van der Waals surface area contributed by atoms with E-state index >= 15 is 0 Å². The number of rotatable bonds is 3. The van der Waals surface area contributed by atoms with Crippen molar-refractivity contribution in [3.63, 3.8) is 0 Å². The quantitative estimate of drug-likeness (QED) is 0.719. The van der Waals surface area contributed by atoms with Gasteiger partial charge in [0, 0.05) is 19.6 Å². The van der Waals surface area contributed by atoms with E-state index in [1.54, 1.807) is 0 Å². The van der Waals surface area contributed by atoms with Gasteiger partial charge < -0.3 is 5.11 Å². The van der Waals surface area contributed by atoms with E-state index in [1.807, 2.05) is 0 Å². The maximum atomic E-state index is 10.0. The molecule has 1 heterocycles. The van der Waals surface area contributed by atoms with Gasteiger partial charge in [0.1, 0.15) is 0 Å². The minimum atomic E-state index is -0.370. The maximum absolute atomic E-state index is 10.0. The van der Waals surface area contributed by atoms with Crippen LogP contribution >= 0.6 is 0 Å². The molecule has 1 aliphatic heterocycles. The summed E-state index contributed by atoms with van der Waals surface area (Å²) in [6, 6.07) is 0. The van der Waals surface area contributed by atoms with Gasteiger partial charge in [-0.2, -0.15) is 0 Å². The molecule has 1 atom stereocenters. The highest BCUT2D eigenvalue weighted by Crippen LogP contribution is 2.46. The van der Waals surface area contributed by atoms with Gasteiger partial charge in [-0.15, -0.1) is 0 Å². The van der Waals surface area contributed by atoms with Crippen LogP contribution < -0.4 is 0 Å². The summed E-state index contributed by atoms with van der Waals surface area (Å²) >= 11 is 0. The average Bonchev–Trinajstić information content (AvgIpc) is 2.68. The molecule has 76 valence electrons. The zero-order chi connectivity index (χ0) is 9.53. The van der Waals surface area contributed by atoms with Crippen molar-refractivity contribution < 1.29 is 5.11 Å². The Hall–Kier alpha value is -0.0800. The molecule has 0 amide bonds. The van der Waals surface area contributed by atoms with Gasteiger partial charge >= 0.3 is 0 Å². The minimum Gasteiger partial charge on any atom is -0.389 e. The van der Waals surface area contributed by atoms with E-state index in [2.05, 4.69) is 18.7 Å². The topological polar surface area (TPSA) is 23.5 Å². The maximum Gasteiger partial charge on any atom is 0.0783 e. The first-order chi connectivity index (χ1) is 6.05. The fraction of sp³-hybridized carbons (Fsp3) is 1.00. The van der Waals surface area contributed by atoms with Crippen molar-refractivity contribution in [2.75, 3.05) is 19.6 Å². The molecule has 0 aromatic heterocycles. The van der Waals surface area contributed by atoms with E-state index < -0.39 is 0 Å². The summed E-state index contributed by atoms with van der Waals surface area (Å²) in [6.07, 6.45) is 4.64. The van der Waals surface area contributed by atoms with Gasteiger partial charge in [-0.3, -0.25) is 4.90 Å². The molecule has 0 aromatic rings. The van der Waals surface area contributed by atoms with Crippen molar-refractivity contribution in [2.24, 2.45) is 5.41 Å². The molecule has 0 aromatic carbocycles. The Morgan fingerprint density at radius 2 is 2.00 bits per heavy atom. The molecule has 1 N–H and O–H groups in total. The van der Waals surface area contributed by atoms with Gasteiger partial charge in [-0.25, -0.2) is 0 Å². The highest BCUT2D eigenvalue weighted by atomic mass is 16.3. The van der Waals surface area contributed by atoms with E-state index in [1.165, 1.54) is 19.4 Å². The SMILES string of the molecule is CCC1(O)CCN(CC2(C)CC2)C1. The Kier molecular flexibility index (Phi) is 2.16. The fourth-order valence-corrected chi connectivity index (χ4v) is 2.28. The predicted molar refractivity (Wildman–Crippen MR) is 53.6 cm³/mol. The zero-order valence-corrected chi connectivity index (χ0v) is 8.84. The molecule has 1 saturated heterocycles. The van der Waals surface area contributed by atoms with Gasteiger partial charge in [-0.1, -0.05) is 13.8 Å². The molecular formula is C11H21NO. The van der Waals surface area contributed by atoms with Crippen molar-refractivity contribution in [2.45, 2.75) is 45.1 Å². The smallest absolute Gasteiger partial charge is 0.0783 e. The molecule has 2 nitrogen and oxygen atoms in total. The normalized spacial score (nSPS) is 38.1. The Morgan fingerprint density at radius 3 is 2.46 bits per heavy atom. The third-order valence-corrected chi connectivity index (χ3v) is 3.78. The molecule has 0 radical (unpaired) electrons. The molecule has 2 heteroatoms. The molecule has 0 bridgehead atoms. The second kappa shape index (κ2) is 2.96. The third kappa shape index (κ3) is 2.05. The van der Waals surface area contributed by atoms with Crippen molar-refractivity contribution >= 4 is 0 Å². The van der Waals surface area contributed by atoms with Crippen LogP contribution in [0.15, 0.2) is 0 Å². The molecule has 2 aliphatic rings. The Morgan fingerprint density at radius 1 is 1.31 bits per heavy atom. The van der Waals surface area contributed by atoms with E-state index in [-0.39, 0.29) is 5.60 Å². The van der Waals surface area contributed by atoms with Crippen LogP contribution in [-0.2, 0) is 0 Å². The number of hydrogen-bond acceptors (Lipinski definition) is 2. The van der Waals surface area contributed by atoms with Crippen LogP contribution in [0.1, 0.15) is 39.5 Å². The van der Waals surface area contributed by atoms with Crippen LogP contribution in [0.3, 0.4) is 0 Å². The Labute approximate surface area is 80.9 Å². The number of β-amino-alcohol motifs (C(OH)–C–C–N with tert-alkyl or cyclic N) is 1. The van der Waals surface area contributed by atoms with E-state index in [4.69, 9.17) is 0 Å². The lowest BCUT2D eigenvalue weighted by Crippen LogP contribution is -2.34. The van der Waals surface area contributed by atoms with Crippen molar-refractivity contribution in [1.82, 2.24) is 4.90 Å². The van der Waals surface area contributed by atoms with Gasteiger partial charge in [0.15, 0.2) is 0 Å². The molecule has 1 saturated carbocycles. The van der Waals surface area contributed by atoms with Crippen LogP contribution in [0.4, 0.5) is 0 Å². The summed E-state index contributed by atoms with van der Waals surface area (Å²) in [4.78, 5) is 2.44. The van der Waals surface area contributed by atoms with Gasteiger partial charge in [0.25, 0.3) is 0 Å². The first kappa shape index (κ1) is 9.47. The van der Waals surface area contributed by atoms with E-state index in [0.717, 1.165) is 25.9 Å². The molecular weight excluding hydrogens is 162 g/mol. The number of likely N-dealkylation sites (tertiary alicyclic amines) is 1. The van der Waals surface area contributed by atoms with Gasteiger partial charge in [0.2, 0.25) is 0 Å². The standard InChI is InChI=1S/C11H21NO/c1-3-11(13)6-7-12(9-11)8-10(2)4-5-10/h13H,3-9H2,1-2H3. The van der Waals surface area contributed by atoms with E-state index in [9.17, 15) is 5.11 Å². The van der Waals surface area contributed by atoms with Crippen LogP contribution in [0.25, 0.3) is 0 Å². The monoisotopic (exact) mass is 183 g/mol. The van der Waals surface area contributed by atoms with Crippen LogP contribution in [0, 0.1) is 5.41 Å². The molecule has 2 rings (SSSR count).